The van der Waals surface area contributed by atoms with Crippen molar-refractivity contribution in [2.75, 3.05) is 0 Å². The second-order valence-corrected chi connectivity index (χ2v) is 1.17. The van der Waals surface area contributed by atoms with Crippen molar-refractivity contribution in [2.24, 2.45) is 0 Å². The summed E-state index contributed by atoms with van der Waals surface area (Å²) >= 11 is 0. The van der Waals surface area contributed by atoms with Crippen molar-refractivity contribution >= 4 is 22.5 Å². The Bertz CT molecular complexity index is 59.0. The van der Waals surface area contributed by atoms with E-state index in [-0.39, 0.29) is 123 Å². The summed E-state index contributed by atoms with van der Waals surface area (Å²) in [7, 11) is 2.26. The summed E-state index contributed by atoms with van der Waals surface area (Å²) in [6.45, 7) is 1.77. The van der Waals surface area contributed by atoms with Crippen LogP contribution in [-0.4, -0.2) is 22.5 Å². The maximum Gasteiger partial charge on any atom is 1.00 e. The second-order valence-electron chi connectivity index (χ2n) is 1.17. The summed E-state index contributed by atoms with van der Waals surface area (Å²) in [4.78, 5) is 0. The first-order valence-corrected chi connectivity index (χ1v) is 1.99. The third kappa shape index (κ3) is 8.03. The quantitative estimate of drug-likeness (QED) is 0.408. The summed E-state index contributed by atoms with van der Waals surface area (Å²) in [5, 5.41) is 0. The fraction of sp³-hybridized carbons (Fsp3) is 1.00. The molecule has 1 fully saturated rings. The zero-order chi connectivity index (χ0) is 5.11. The number of hydrogen-bond donors (Lipinski definition) is 0. The maximum atomic E-state index is 4.68. The summed E-state index contributed by atoms with van der Waals surface area (Å²) < 4.78 is 13.8. The Hall–Kier alpha value is 3.69. The van der Waals surface area contributed by atoms with Crippen LogP contribution in [0.5, 0.6) is 0 Å². The van der Waals surface area contributed by atoms with Gasteiger partial charge in [0.25, 0.3) is 0 Å². The molecule has 0 atom stereocenters. The molecule has 0 unspecified atom stereocenters. The van der Waals surface area contributed by atoms with Crippen LogP contribution in [0.1, 0.15) is 0 Å². The van der Waals surface area contributed by atoms with Gasteiger partial charge in [-0.2, -0.15) is 0 Å². The topological polar surface area (TPSA) is 27.7 Å². The van der Waals surface area contributed by atoms with Crippen LogP contribution in [0.4, 0.5) is 0 Å². The monoisotopic (exact) mass is 266 g/mol. The van der Waals surface area contributed by atoms with Gasteiger partial charge in [-0.1, -0.05) is 15.4 Å². The Kier molecular flexibility index (Phi) is 16.5. The molecule has 3 nitrogen and oxygen atoms in total. The van der Waals surface area contributed by atoms with Gasteiger partial charge in [-0.05, 0) is 6.82 Å². The molecule has 36 valence electrons. The molecule has 1 heterocycles. The van der Waals surface area contributed by atoms with Crippen LogP contribution in [0.2, 0.25) is 6.82 Å². The predicted octanol–water partition coefficient (Wildman–Crippen LogP) is -6.76. The van der Waals surface area contributed by atoms with E-state index in [0.29, 0.717) is 0 Å². The minimum atomic E-state index is -0.200. The van der Waals surface area contributed by atoms with Crippen LogP contribution >= 0.6 is 0 Å². The van der Waals surface area contributed by atoms with Crippen molar-refractivity contribution in [2.45, 2.75) is 6.82 Å². The molecule has 1 saturated heterocycles. The van der Waals surface area contributed by atoms with Crippen molar-refractivity contribution in [3.05, 3.63) is 0 Å². The fourth-order valence-corrected chi connectivity index (χ4v) is 0.275. The zero-order valence-electron chi connectivity index (χ0n) is 5.96. The average molecular weight is 266 g/mol. The maximum absolute atomic E-state index is 4.68. The molecule has 0 aromatic carbocycles. The van der Waals surface area contributed by atoms with Gasteiger partial charge in [-0.3, -0.25) is 0 Å². The first-order chi connectivity index (χ1) is 3.39. The van der Waals surface area contributed by atoms with Gasteiger partial charge in [0, 0.05) is 0 Å². The third-order valence-electron chi connectivity index (χ3n) is 0.605. The first-order valence-electron chi connectivity index (χ1n) is 1.99. The van der Waals surface area contributed by atoms with Crippen LogP contribution in [0, 0.1) is 0 Å². The molecule has 0 amide bonds. The van der Waals surface area contributed by atoms with Gasteiger partial charge in [0.05, 0.1) is 0 Å². The summed E-state index contributed by atoms with van der Waals surface area (Å²) in [5.41, 5.74) is 0. The van der Waals surface area contributed by atoms with E-state index in [9.17, 15) is 0 Å². The molecular weight excluding hydrogens is 263 g/mol. The smallest absolute Gasteiger partial charge is 0.866 e. The van der Waals surface area contributed by atoms with Crippen LogP contribution < -0.4 is 116 Å². The molecule has 0 saturated carbocycles. The molecule has 1 aliphatic heterocycles. The number of rotatable bonds is 0. The fourth-order valence-electron chi connectivity index (χ4n) is 0.275. The predicted molar refractivity (Wildman–Crippen MR) is 26.4 cm³/mol. The Labute approximate surface area is 155 Å². The molecule has 9 heavy (non-hydrogen) atoms. The Morgan fingerprint density at radius 3 is 1.78 bits per heavy atom. The third-order valence-corrected chi connectivity index (χ3v) is 0.605. The van der Waals surface area contributed by atoms with E-state index in [4.69, 9.17) is 0 Å². The van der Waals surface area contributed by atoms with Crippen molar-refractivity contribution in [1.82, 2.24) is 0 Å². The standard InChI is InChI=1S/CH3B3O3.2Rb/c1-4-6-2-5-3-7-4;;/h1H3;;/q-2;2*+1. The summed E-state index contributed by atoms with van der Waals surface area (Å²) in [6, 6.07) is 0. The average Bonchev–Trinajstić information content (AvgIpc) is 1.69. The van der Waals surface area contributed by atoms with Crippen molar-refractivity contribution in [1.29, 1.82) is 0 Å². The minimum absolute atomic E-state index is 0. The summed E-state index contributed by atoms with van der Waals surface area (Å²) in [5.74, 6) is 0. The van der Waals surface area contributed by atoms with Gasteiger partial charge in [0.15, 0.2) is 0 Å². The van der Waals surface area contributed by atoms with Gasteiger partial charge in [-0.15, -0.1) is 0 Å². The molecule has 0 N–H and O–H groups in total. The van der Waals surface area contributed by atoms with Gasteiger partial charge < -0.3 is 13.7 Å². The molecule has 0 aliphatic carbocycles. The minimum Gasteiger partial charge on any atom is -0.866 e. The molecule has 1 aliphatic rings. The molecule has 4 radical (unpaired) electrons. The van der Waals surface area contributed by atoms with Crippen molar-refractivity contribution < 1.29 is 130 Å². The van der Waals surface area contributed by atoms with E-state index in [0.717, 1.165) is 0 Å². The van der Waals surface area contributed by atoms with E-state index < -0.39 is 0 Å². The van der Waals surface area contributed by atoms with Crippen LogP contribution in [0.15, 0.2) is 0 Å². The molecule has 0 aromatic heterocycles. The number of hydrogen-bond acceptors (Lipinski definition) is 3. The van der Waals surface area contributed by atoms with E-state index >= 15 is 0 Å². The van der Waals surface area contributed by atoms with Crippen molar-refractivity contribution in [3.8, 4) is 0 Å². The Morgan fingerprint density at radius 2 is 1.56 bits per heavy atom. The largest absolute Gasteiger partial charge is 1.00 e. The second kappa shape index (κ2) is 9.77. The molecule has 1 rings (SSSR count). The molecule has 0 bridgehead atoms. The van der Waals surface area contributed by atoms with Crippen LogP contribution in [-0.2, 0) is 13.7 Å². The SMILES string of the molecule is CB1O[B-]O[B-]O1.[Rb+].[Rb+]. The van der Waals surface area contributed by atoms with Gasteiger partial charge in [-0.25, -0.2) is 0 Å². The van der Waals surface area contributed by atoms with Crippen LogP contribution in [0.3, 0.4) is 0 Å². The zero-order valence-corrected chi connectivity index (χ0v) is 15.8. The molecule has 8 heteroatoms. The Morgan fingerprint density at radius 1 is 1.11 bits per heavy atom. The van der Waals surface area contributed by atoms with E-state index in [1.807, 2.05) is 0 Å². The first kappa shape index (κ1) is 15.2. The Balaban J connectivity index is 0. The van der Waals surface area contributed by atoms with Gasteiger partial charge in [0.2, 0.25) is 0 Å². The van der Waals surface area contributed by atoms with Crippen molar-refractivity contribution in [3.63, 3.8) is 0 Å². The van der Waals surface area contributed by atoms with Gasteiger partial charge in [0.1, 0.15) is 0 Å². The van der Waals surface area contributed by atoms with Crippen LogP contribution in [0.25, 0.3) is 0 Å². The van der Waals surface area contributed by atoms with E-state index in [1.165, 1.54) is 15.4 Å². The molecule has 0 aromatic rings. The van der Waals surface area contributed by atoms with E-state index in [1.54, 1.807) is 6.82 Å². The van der Waals surface area contributed by atoms with E-state index in [2.05, 4.69) is 13.7 Å². The van der Waals surface area contributed by atoms with Gasteiger partial charge >= 0.3 is 123 Å². The molecule has 0 spiro atoms. The normalized spacial score (nSPS) is 17.7. The molecular formula is CH3B3O3Rb2. The summed E-state index contributed by atoms with van der Waals surface area (Å²) in [6.07, 6.45) is 0.